The van der Waals surface area contributed by atoms with E-state index in [1.807, 2.05) is 50.2 Å². The molecule has 0 atom stereocenters. The van der Waals surface area contributed by atoms with E-state index in [-0.39, 0.29) is 0 Å². The van der Waals surface area contributed by atoms with E-state index >= 15 is 0 Å². The minimum Gasteiger partial charge on any atom is -0.399 e. The lowest BCUT2D eigenvalue weighted by molar-refractivity contribution is 1.19. The second-order valence-electron chi connectivity index (χ2n) is 4.29. The molecule has 0 heterocycles. The van der Waals surface area contributed by atoms with Gasteiger partial charge in [-0.15, -0.1) is 0 Å². The number of nitrogens with zero attached hydrogens (tertiary/aromatic N) is 2. The van der Waals surface area contributed by atoms with E-state index in [4.69, 9.17) is 11.5 Å². The molecule has 0 unspecified atom stereocenters. The third-order valence-corrected chi connectivity index (χ3v) is 2.71. The average molecular weight is 240 g/mol. The van der Waals surface area contributed by atoms with Crippen molar-refractivity contribution in [2.45, 2.75) is 13.8 Å². The average Bonchev–Trinajstić information content (AvgIpc) is 2.30. The maximum Gasteiger partial charge on any atom is 0.0887 e. The molecule has 4 N–H and O–H groups in total. The Hall–Kier alpha value is -2.36. The van der Waals surface area contributed by atoms with Gasteiger partial charge in [0.25, 0.3) is 0 Å². The molecule has 0 aromatic heterocycles. The summed E-state index contributed by atoms with van der Waals surface area (Å²) in [5, 5.41) is 8.47. The Morgan fingerprint density at radius 3 is 1.44 bits per heavy atom. The normalized spacial score (nSPS) is 11.0. The van der Waals surface area contributed by atoms with Crippen LogP contribution in [0.3, 0.4) is 0 Å². The van der Waals surface area contributed by atoms with Crippen LogP contribution in [0.15, 0.2) is 46.6 Å². The van der Waals surface area contributed by atoms with Crippen molar-refractivity contribution in [2.75, 3.05) is 11.5 Å². The Balaban J connectivity index is 2.30. The van der Waals surface area contributed by atoms with E-state index in [9.17, 15) is 0 Å². The predicted octanol–water partition coefficient (Wildman–Crippen LogP) is 3.88. The van der Waals surface area contributed by atoms with Crippen LogP contribution in [0.25, 0.3) is 0 Å². The number of azo groups is 1. The van der Waals surface area contributed by atoms with Gasteiger partial charge in [0.2, 0.25) is 0 Å². The number of hydrogen-bond acceptors (Lipinski definition) is 4. The first-order valence-corrected chi connectivity index (χ1v) is 5.70. The Labute approximate surface area is 106 Å². The Morgan fingerprint density at radius 1 is 0.722 bits per heavy atom. The number of rotatable bonds is 2. The van der Waals surface area contributed by atoms with Crippen molar-refractivity contribution >= 4 is 22.7 Å². The van der Waals surface area contributed by atoms with Crippen LogP contribution >= 0.6 is 0 Å². The summed E-state index contributed by atoms with van der Waals surface area (Å²) in [6.07, 6.45) is 0. The van der Waals surface area contributed by atoms with Crippen LogP contribution in [0.4, 0.5) is 22.7 Å². The Bertz CT molecular complexity index is 549. The van der Waals surface area contributed by atoms with Crippen LogP contribution in [0.1, 0.15) is 11.1 Å². The summed E-state index contributed by atoms with van der Waals surface area (Å²) in [5.74, 6) is 0. The molecular weight excluding hydrogens is 224 g/mol. The first-order valence-electron chi connectivity index (χ1n) is 5.70. The predicted molar refractivity (Wildman–Crippen MR) is 75.4 cm³/mol. The Morgan fingerprint density at radius 2 is 1.11 bits per heavy atom. The van der Waals surface area contributed by atoms with Gasteiger partial charge in [-0.2, -0.15) is 10.2 Å². The number of aryl methyl sites for hydroxylation is 2. The molecule has 2 aromatic rings. The summed E-state index contributed by atoms with van der Waals surface area (Å²) >= 11 is 0. The van der Waals surface area contributed by atoms with E-state index in [0.29, 0.717) is 0 Å². The molecule has 2 rings (SSSR count). The van der Waals surface area contributed by atoms with E-state index in [1.54, 1.807) is 0 Å². The fourth-order valence-electron chi connectivity index (χ4n) is 1.69. The standard InChI is InChI=1S/C14H16N4/c1-9-7-11(15)3-5-13(9)17-18-14-6-4-12(16)8-10(14)2/h3-8H,15-16H2,1-2H3/b18-17+. The fraction of sp³-hybridized carbons (Fsp3) is 0.143. The molecule has 0 aliphatic heterocycles. The molecule has 0 aliphatic carbocycles. The molecule has 0 amide bonds. The second kappa shape index (κ2) is 4.87. The molecule has 0 radical (unpaired) electrons. The zero-order valence-corrected chi connectivity index (χ0v) is 10.5. The number of anilines is 2. The zero-order chi connectivity index (χ0) is 13.1. The largest absolute Gasteiger partial charge is 0.399 e. The van der Waals surface area contributed by atoms with Crippen molar-refractivity contribution in [1.29, 1.82) is 0 Å². The molecule has 0 fully saturated rings. The minimum atomic E-state index is 0.732. The molecule has 4 nitrogen and oxygen atoms in total. The van der Waals surface area contributed by atoms with Crippen molar-refractivity contribution in [1.82, 2.24) is 0 Å². The lowest BCUT2D eigenvalue weighted by atomic mass is 10.2. The van der Waals surface area contributed by atoms with Gasteiger partial charge in [-0.1, -0.05) is 0 Å². The zero-order valence-electron chi connectivity index (χ0n) is 10.5. The van der Waals surface area contributed by atoms with Gasteiger partial charge in [-0.3, -0.25) is 0 Å². The topological polar surface area (TPSA) is 76.8 Å². The lowest BCUT2D eigenvalue weighted by Gasteiger charge is -2.02. The molecule has 4 heteroatoms. The summed E-state index contributed by atoms with van der Waals surface area (Å²) < 4.78 is 0. The molecule has 0 saturated carbocycles. The van der Waals surface area contributed by atoms with Crippen LogP contribution in [-0.4, -0.2) is 0 Å². The monoisotopic (exact) mass is 240 g/mol. The summed E-state index contributed by atoms with van der Waals surface area (Å²) in [6, 6.07) is 11.1. The summed E-state index contributed by atoms with van der Waals surface area (Å²) in [6.45, 7) is 3.92. The molecule has 0 aliphatic rings. The lowest BCUT2D eigenvalue weighted by Crippen LogP contribution is -1.85. The van der Waals surface area contributed by atoms with E-state index in [1.165, 1.54) is 0 Å². The quantitative estimate of drug-likeness (QED) is 0.617. The highest BCUT2D eigenvalue weighted by Crippen LogP contribution is 2.26. The summed E-state index contributed by atoms with van der Waals surface area (Å²) in [7, 11) is 0. The SMILES string of the molecule is Cc1cc(N)ccc1/N=N/c1ccc(N)cc1C. The first kappa shape index (κ1) is 12.1. The van der Waals surface area contributed by atoms with Crippen LogP contribution in [0.5, 0.6) is 0 Å². The number of hydrogen-bond donors (Lipinski definition) is 2. The van der Waals surface area contributed by atoms with E-state index in [2.05, 4.69) is 10.2 Å². The molecule has 0 saturated heterocycles. The van der Waals surface area contributed by atoms with Crippen molar-refractivity contribution in [3.63, 3.8) is 0 Å². The van der Waals surface area contributed by atoms with Gasteiger partial charge >= 0.3 is 0 Å². The van der Waals surface area contributed by atoms with Crippen molar-refractivity contribution in [3.8, 4) is 0 Å². The molecule has 0 spiro atoms. The summed E-state index contributed by atoms with van der Waals surface area (Å²) in [5.41, 5.74) is 16.5. The van der Waals surface area contributed by atoms with Gasteiger partial charge in [0, 0.05) is 11.4 Å². The van der Waals surface area contributed by atoms with Gasteiger partial charge < -0.3 is 11.5 Å². The second-order valence-corrected chi connectivity index (χ2v) is 4.29. The Kier molecular flexibility index (Phi) is 3.28. The third kappa shape index (κ3) is 2.66. The van der Waals surface area contributed by atoms with Crippen LogP contribution in [0, 0.1) is 13.8 Å². The van der Waals surface area contributed by atoms with Gasteiger partial charge in [0.05, 0.1) is 11.4 Å². The minimum absolute atomic E-state index is 0.732. The molecule has 2 aromatic carbocycles. The van der Waals surface area contributed by atoms with Crippen molar-refractivity contribution < 1.29 is 0 Å². The highest BCUT2D eigenvalue weighted by molar-refractivity contribution is 5.56. The van der Waals surface area contributed by atoms with Gasteiger partial charge in [-0.25, -0.2) is 0 Å². The van der Waals surface area contributed by atoms with Gasteiger partial charge in [0.1, 0.15) is 0 Å². The maximum atomic E-state index is 5.69. The van der Waals surface area contributed by atoms with Crippen molar-refractivity contribution in [3.05, 3.63) is 47.5 Å². The van der Waals surface area contributed by atoms with Crippen LogP contribution in [0.2, 0.25) is 0 Å². The van der Waals surface area contributed by atoms with Gasteiger partial charge in [0.15, 0.2) is 0 Å². The smallest absolute Gasteiger partial charge is 0.0887 e. The van der Waals surface area contributed by atoms with Gasteiger partial charge in [-0.05, 0) is 61.4 Å². The molecule has 92 valence electrons. The number of nitrogens with two attached hydrogens (primary N) is 2. The van der Waals surface area contributed by atoms with Crippen LogP contribution < -0.4 is 11.5 Å². The molecular formula is C14H16N4. The van der Waals surface area contributed by atoms with Crippen molar-refractivity contribution in [2.24, 2.45) is 10.2 Å². The number of benzene rings is 2. The highest BCUT2D eigenvalue weighted by Gasteiger charge is 1.99. The highest BCUT2D eigenvalue weighted by atomic mass is 15.1. The summed E-state index contributed by atoms with van der Waals surface area (Å²) in [4.78, 5) is 0. The fourth-order valence-corrected chi connectivity index (χ4v) is 1.69. The van der Waals surface area contributed by atoms with Crippen LogP contribution in [-0.2, 0) is 0 Å². The van der Waals surface area contributed by atoms with E-state index < -0.39 is 0 Å². The van der Waals surface area contributed by atoms with E-state index in [0.717, 1.165) is 33.9 Å². The third-order valence-electron chi connectivity index (χ3n) is 2.71. The molecule has 0 bridgehead atoms. The molecule has 18 heavy (non-hydrogen) atoms. The number of nitrogen functional groups attached to an aromatic ring is 2. The maximum absolute atomic E-state index is 5.69. The first-order chi connectivity index (χ1) is 8.56.